The zero-order chi connectivity index (χ0) is 12.1. The molecule has 0 bridgehead atoms. The smallest absolute Gasteiger partial charge is 0.130 e. The van der Waals surface area contributed by atoms with E-state index in [0.29, 0.717) is 18.7 Å². The monoisotopic (exact) mass is 224 g/mol. The molecule has 0 spiro atoms. The predicted molar refractivity (Wildman–Crippen MR) is 57.5 cm³/mol. The van der Waals surface area contributed by atoms with E-state index in [0.717, 1.165) is 6.07 Å². The van der Waals surface area contributed by atoms with Crippen LogP contribution in [0.1, 0.15) is 12.5 Å². The van der Waals surface area contributed by atoms with E-state index in [4.69, 9.17) is 5.26 Å². The van der Waals surface area contributed by atoms with Gasteiger partial charge in [-0.1, -0.05) is 6.07 Å². The lowest BCUT2D eigenvalue weighted by molar-refractivity contribution is 0.298. The molecule has 16 heavy (non-hydrogen) atoms. The molecule has 0 N–H and O–H groups in total. The van der Waals surface area contributed by atoms with Gasteiger partial charge in [0.15, 0.2) is 0 Å². The molecule has 1 unspecified atom stereocenters. The Kier molecular flexibility index (Phi) is 4.39. The molecule has 86 valence electrons. The van der Waals surface area contributed by atoms with Crippen LogP contribution in [-0.4, -0.2) is 18.5 Å². The minimum absolute atomic E-state index is 0.103. The van der Waals surface area contributed by atoms with Gasteiger partial charge >= 0.3 is 0 Å². The lowest BCUT2D eigenvalue weighted by Gasteiger charge is -2.18. The molecule has 1 aromatic rings. The molecular weight excluding hydrogens is 210 g/mol. The Balaban J connectivity index is 2.63. The first-order valence-corrected chi connectivity index (χ1v) is 5.05. The highest BCUT2D eigenvalue weighted by Crippen LogP contribution is 2.12. The van der Waals surface area contributed by atoms with Gasteiger partial charge in [-0.05, 0) is 20.0 Å². The summed E-state index contributed by atoms with van der Waals surface area (Å²) in [6.45, 7) is 2.74. The maximum absolute atomic E-state index is 13.3. The largest absolute Gasteiger partial charge is 0.301 e. The number of halogens is 2. The summed E-state index contributed by atoms with van der Waals surface area (Å²) in [5.41, 5.74) is 0.439. The molecule has 0 heterocycles. The molecule has 2 nitrogen and oxygen atoms in total. The summed E-state index contributed by atoms with van der Waals surface area (Å²) in [4.78, 5) is 1.84. The second-order valence-corrected chi connectivity index (χ2v) is 3.96. The topological polar surface area (TPSA) is 27.0 Å². The number of hydrogen-bond acceptors (Lipinski definition) is 2. The van der Waals surface area contributed by atoms with Crippen molar-refractivity contribution in [3.8, 4) is 6.07 Å². The average molecular weight is 224 g/mol. The third kappa shape index (κ3) is 3.59. The van der Waals surface area contributed by atoms with Crippen molar-refractivity contribution in [3.05, 3.63) is 35.4 Å². The van der Waals surface area contributed by atoms with Crippen LogP contribution in [0.15, 0.2) is 18.2 Å². The van der Waals surface area contributed by atoms with Crippen LogP contribution in [0, 0.1) is 28.9 Å². The van der Waals surface area contributed by atoms with Crippen LogP contribution in [-0.2, 0) is 6.54 Å². The third-order valence-electron chi connectivity index (χ3n) is 2.26. The Hall–Kier alpha value is -1.47. The molecule has 0 fully saturated rings. The van der Waals surface area contributed by atoms with E-state index in [1.54, 1.807) is 14.0 Å². The summed E-state index contributed by atoms with van der Waals surface area (Å²) >= 11 is 0. The molecule has 0 aliphatic rings. The molecule has 0 aliphatic carbocycles. The second-order valence-electron chi connectivity index (χ2n) is 3.96. The van der Waals surface area contributed by atoms with Crippen LogP contribution < -0.4 is 0 Å². The molecular formula is C12H14F2N2. The fourth-order valence-corrected chi connectivity index (χ4v) is 1.51. The second kappa shape index (κ2) is 5.57. The first-order chi connectivity index (χ1) is 7.52. The quantitative estimate of drug-likeness (QED) is 0.785. The van der Waals surface area contributed by atoms with Crippen molar-refractivity contribution < 1.29 is 8.78 Å². The molecule has 1 rings (SSSR count). The van der Waals surface area contributed by atoms with Crippen molar-refractivity contribution in [3.63, 3.8) is 0 Å². The molecule has 1 atom stereocenters. The molecule has 0 amide bonds. The Bertz CT molecular complexity index is 398. The van der Waals surface area contributed by atoms with Gasteiger partial charge < -0.3 is 4.90 Å². The van der Waals surface area contributed by atoms with E-state index in [1.807, 2.05) is 4.90 Å². The number of nitrogens with zero attached hydrogens (tertiary/aromatic N) is 2. The van der Waals surface area contributed by atoms with Crippen LogP contribution in [0.4, 0.5) is 8.78 Å². The zero-order valence-corrected chi connectivity index (χ0v) is 9.37. The highest BCUT2D eigenvalue weighted by Gasteiger charge is 2.09. The van der Waals surface area contributed by atoms with Gasteiger partial charge in [0.25, 0.3) is 0 Å². The summed E-state index contributed by atoms with van der Waals surface area (Å²) in [5.74, 6) is -1.22. The van der Waals surface area contributed by atoms with Gasteiger partial charge in [-0.3, -0.25) is 0 Å². The lowest BCUT2D eigenvalue weighted by Crippen LogP contribution is -2.23. The number of nitriles is 1. The van der Waals surface area contributed by atoms with E-state index in [2.05, 4.69) is 6.07 Å². The van der Waals surface area contributed by atoms with Gasteiger partial charge in [-0.25, -0.2) is 8.78 Å². The van der Waals surface area contributed by atoms with Crippen LogP contribution in [0.5, 0.6) is 0 Å². The Morgan fingerprint density at radius 1 is 1.44 bits per heavy atom. The average Bonchev–Trinajstić information content (AvgIpc) is 2.22. The van der Waals surface area contributed by atoms with E-state index >= 15 is 0 Å². The van der Waals surface area contributed by atoms with Crippen molar-refractivity contribution in [1.29, 1.82) is 5.26 Å². The van der Waals surface area contributed by atoms with Gasteiger partial charge in [0.05, 0.1) is 12.0 Å². The molecule has 0 saturated heterocycles. The number of hydrogen-bond donors (Lipinski definition) is 0. The maximum atomic E-state index is 13.3. The summed E-state index contributed by atoms with van der Waals surface area (Å²) in [5, 5.41) is 8.64. The first kappa shape index (κ1) is 12.6. The number of benzene rings is 1. The van der Waals surface area contributed by atoms with Crippen LogP contribution in [0.3, 0.4) is 0 Å². The van der Waals surface area contributed by atoms with E-state index in [9.17, 15) is 8.78 Å². The fraction of sp³-hybridized carbons (Fsp3) is 0.417. The fourth-order valence-electron chi connectivity index (χ4n) is 1.51. The summed E-state index contributed by atoms with van der Waals surface area (Å²) in [6.07, 6.45) is 0. The highest BCUT2D eigenvalue weighted by atomic mass is 19.1. The molecule has 1 aromatic carbocycles. The van der Waals surface area contributed by atoms with Gasteiger partial charge in [0.1, 0.15) is 11.6 Å². The predicted octanol–water partition coefficient (Wildman–Crippen LogP) is 2.56. The Morgan fingerprint density at radius 2 is 2.12 bits per heavy atom. The van der Waals surface area contributed by atoms with Gasteiger partial charge in [0.2, 0.25) is 0 Å². The minimum Gasteiger partial charge on any atom is -0.301 e. The van der Waals surface area contributed by atoms with Crippen molar-refractivity contribution >= 4 is 0 Å². The highest BCUT2D eigenvalue weighted by molar-refractivity contribution is 5.18. The van der Waals surface area contributed by atoms with E-state index < -0.39 is 11.6 Å². The lowest BCUT2D eigenvalue weighted by atomic mass is 10.1. The van der Waals surface area contributed by atoms with Crippen molar-refractivity contribution in [2.75, 3.05) is 13.6 Å². The molecule has 0 saturated carbocycles. The minimum atomic E-state index is -0.575. The van der Waals surface area contributed by atoms with Gasteiger partial charge in [-0.15, -0.1) is 0 Å². The summed E-state index contributed by atoms with van der Waals surface area (Å²) in [7, 11) is 1.80. The van der Waals surface area contributed by atoms with Gasteiger partial charge in [0, 0.05) is 24.7 Å². The Morgan fingerprint density at radius 3 is 2.69 bits per heavy atom. The maximum Gasteiger partial charge on any atom is 0.130 e. The van der Waals surface area contributed by atoms with Crippen LogP contribution in [0.2, 0.25) is 0 Å². The van der Waals surface area contributed by atoms with E-state index in [-0.39, 0.29) is 5.92 Å². The third-order valence-corrected chi connectivity index (χ3v) is 2.26. The SMILES string of the molecule is CC(C#N)CN(C)Cc1ccc(F)cc1F. The first-order valence-electron chi connectivity index (χ1n) is 5.05. The summed E-state index contributed by atoms with van der Waals surface area (Å²) in [6, 6.07) is 5.65. The zero-order valence-electron chi connectivity index (χ0n) is 9.37. The number of rotatable bonds is 4. The Labute approximate surface area is 94.1 Å². The standard InChI is InChI=1S/C12H14F2N2/c1-9(6-15)7-16(2)8-10-3-4-11(13)5-12(10)14/h3-5,9H,7-8H2,1-2H3. The summed E-state index contributed by atoms with van der Waals surface area (Å²) < 4.78 is 26.0. The van der Waals surface area contributed by atoms with Crippen molar-refractivity contribution in [2.24, 2.45) is 5.92 Å². The van der Waals surface area contributed by atoms with Gasteiger partial charge in [-0.2, -0.15) is 5.26 Å². The molecule has 0 aliphatic heterocycles. The van der Waals surface area contributed by atoms with Crippen LogP contribution in [0.25, 0.3) is 0 Å². The molecule has 0 aromatic heterocycles. The normalized spacial score (nSPS) is 12.5. The van der Waals surface area contributed by atoms with E-state index in [1.165, 1.54) is 12.1 Å². The molecule has 4 heteroatoms. The van der Waals surface area contributed by atoms with Crippen molar-refractivity contribution in [2.45, 2.75) is 13.5 Å². The van der Waals surface area contributed by atoms with Crippen molar-refractivity contribution in [1.82, 2.24) is 4.90 Å². The molecule has 0 radical (unpaired) electrons. The van der Waals surface area contributed by atoms with Crippen LogP contribution >= 0.6 is 0 Å².